The molecule has 1 unspecified atom stereocenters. The summed E-state index contributed by atoms with van der Waals surface area (Å²) in [5.41, 5.74) is 20.1. The second-order valence-electron chi connectivity index (χ2n) is 5.95. The fourth-order valence-electron chi connectivity index (χ4n) is 2.89. The third-order valence-electron chi connectivity index (χ3n) is 4.23. The van der Waals surface area contributed by atoms with E-state index < -0.39 is 0 Å². The zero-order chi connectivity index (χ0) is 19.6. The molecule has 0 aliphatic carbocycles. The molecule has 3 aromatic rings. The van der Waals surface area contributed by atoms with Crippen molar-refractivity contribution in [1.82, 2.24) is 15.0 Å². The van der Waals surface area contributed by atoms with Gasteiger partial charge in [-0.25, -0.2) is 4.98 Å². The minimum atomic E-state index is -0.325. The van der Waals surface area contributed by atoms with Gasteiger partial charge in [0.15, 0.2) is 17.1 Å². The lowest BCUT2D eigenvalue weighted by molar-refractivity contribution is 0.323. The van der Waals surface area contributed by atoms with Crippen molar-refractivity contribution in [2.45, 2.75) is 12.5 Å². The quantitative estimate of drug-likeness (QED) is 0.587. The topological polar surface area (TPSA) is 144 Å². The second-order valence-corrected chi connectivity index (χ2v) is 5.95. The Bertz CT molecular complexity index is 954. The number of anilines is 2. The van der Waals surface area contributed by atoms with Crippen LogP contribution in [0, 0.1) is 0 Å². The Kier molecular flexibility index (Phi) is 5.13. The minimum Gasteiger partial charge on any atom is -0.493 e. The molecule has 1 aromatic carbocycles. The molecule has 3 rings (SSSR count). The minimum absolute atomic E-state index is 0.0920. The van der Waals surface area contributed by atoms with Gasteiger partial charge in [0.2, 0.25) is 11.7 Å². The van der Waals surface area contributed by atoms with Gasteiger partial charge in [0, 0.05) is 12.2 Å². The van der Waals surface area contributed by atoms with Crippen molar-refractivity contribution in [3.63, 3.8) is 0 Å². The monoisotopic (exact) mass is 370 g/mol. The molecule has 0 saturated heterocycles. The van der Waals surface area contributed by atoms with Crippen LogP contribution in [-0.2, 0) is 6.42 Å². The number of nitrogen functional groups attached to an aromatic ring is 2. The molecular weight excluding hydrogens is 348 g/mol. The van der Waals surface area contributed by atoms with E-state index in [9.17, 15) is 0 Å². The number of hydrogen-bond donors (Lipinski definition) is 3. The normalized spacial score (nSPS) is 12.0. The van der Waals surface area contributed by atoms with Crippen molar-refractivity contribution in [1.29, 1.82) is 0 Å². The first-order valence-electron chi connectivity index (χ1n) is 8.20. The maximum absolute atomic E-state index is 6.41. The first kappa shape index (κ1) is 18.5. The van der Waals surface area contributed by atoms with Gasteiger partial charge in [0.1, 0.15) is 5.82 Å². The maximum Gasteiger partial charge on any atom is 0.224 e. The third-order valence-corrected chi connectivity index (χ3v) is 4.23. The molecule has 0 aliphatic rings. The van der Waals surface area contributed by atoms with E-state index in [0.29, 0.717) is 34.7 Å². The smallest absolute Gasteiger partial charge is 0.224 e. The molecule has 6 N–H and O–H groups in total. The summed E-state index contributed by atoms with van der Waals surface area (Å²) in [6.07, 6.45) is 2.22. The Balaban J connectivity index is 1.93. The van der Waals surface area contributed by atoms with Gasteiger partial charge in [-0.3, -0.25) is 0 Å². The molecule has 0 amide bonds. The highest BCUT2D eigenvalue weighted by atomic mass is 16.5. The highest BCUT2D eigenvalue weighted by Crippen LogP contribution is 2.39. The van der Waals surface area contributed by atoms with Crippen molar-refractivity contribution in [2.75, 3.05) is 32.8 Å². The molecule has 0 spiro atoms. The Morgan fingerprint density at radius 2 is 1.63 bits per heavy atom. The lowest BCUT2D eigenvalue weighted by atomic mass is 9.99. The molecule has 1 atom stereocenters. The summed E-state index contributed by atoms with van der Waals surface area (Å²) in [4.78, 5) is 12.4. The number of methoxy groups -OCH3 is 3. The number of rotatable bonds is 6. The fourth-order valence-corrected chi connectivity index (χ4v) is 2.89. The zero-order valence-electron chi connectivity index (χ0n) is 15.4. The molecule has 2 aromatic heterocycles. The molecule has 0 fully saturated rings. The van der Waals surface area contributed by atoms with E-state index in [1.54, 1.807) is 27.5 Å². The van der Waals surface area contributed by atoms with E-state index in [-0.39, 0.29) is 17.8 Å². The van der Waals surface area contributed by atoms with Crippen LogP contribution in [0.2, 0.25) is 0 Å². The number of nitrogens with two attached hydrogens (primary N) is 3. The molecule has 0 saturated carbocycles. The van der Waals surface area contributed by atoms with Crippen LogP contribution in [0.15, 0.2) is 24.4 Å². The summed E-state index contributed by atoms with van der Waals surface area (Å²) in [5.74, 6) is 1.99. The summed E-state index contributed by atoms with van der Waals surface area (Å²) in [6, 6.07) is 5.21. The van der Waals surface area contributed by atoms with Crippen LogP contribution in [0.1, 0.15) is 17.2 Å². The standard InChI is InChI=1S/C18H22N6O3/c1-25-13-6-10(7-14(26-2)15(13)27-3)12(19)5-9-4-11-16(20)23-18(21)24-17(11)22-8-9/h4,6-8,12H,5,19H2,1-3H3,(H4,20,21,22,23,24). The molecule has 0 bridgehead atoms. The van der Waals surface area contributed by atoms with Crippen molar-refractivity contribution >= 4 is 22.8 Å². The average molecular weight is 370 g/mol. The lowest BCUT2D eigenvalue weighted by Crippen LogP contribution is -2.14. The van der Waals surface area contributed by atoms with Crippen LogP contribution in [0.3, 0.4) is 0 Å². The van der Waals surface area contributed by atoms with Crippen LogP contribution in [-0.4, -0.2) is 36.3 Å². The van der Waals surface area contributed by atoms with Gasteiger partial charge in [-0.15, -0.1) is 0 Å². The van der Waals surface area contributed by atoms with Gasteiger partial charge >= 0.3 is 0 Å². The number of hydrogen-bond acceptors (Lipinski definition) is 9. The summed E-state index contributed by atoms with van der Waals surface area (Å²) in [5, 5.41) is 0.638. The summed E-state index contributed by atoms with van der Waals surface area (Å²) in [6.45, 7) is 0. The Hall–Kier alpha value is -3.33. The van der Waals surface area contributed by atoms with Crippen LogP contribution < -0.4 is 31.4 Å². The molecule has 0 radical (unpaired) electrons. The molecule has 142 valence electrons. The highest BCUT2D eigenvalue weighted by Gasteiger charge is 2.17. The van der Waals surface area contributed by atoms with Crippen molar-refractivity contribution in [3.8, 4) is 17.2 Å². The van der Waals surface area contributed by atoms with Gasteiger partial charge in [0.25, 0.3) is 0 Å². The number of nitrogens with zero attached hydrogens (tertiary/aromatic N) is 3. The first-order chi connectivity index (χ1) is 13.0. The predicted molar refractivity (Wildman–Crippen MR) is 103 cm³/mol. The zero-order valence-corrected chi connectivity index (χ0v) is 15.4. The molecule has 0 aliphatic heterocycles. The average Bonchev–Trinajstić information content (AvgIpc) is 2.67. The van der Waals surface area contributed by atoms with E-state index in [2.05, 4.69) is 15.0 Å². The molecule has 27 heavy (non-hydrogen) atoms. The molecule has 2 heterocycles. The lowest BCUT2D eigenvalue weighted by Gasteiger charge is -2.18. The van der Waals surface area contributed by atoms with Crippen LogP contribution in [0.25, 0.3) is 11.0 Å². The van der Waals surface area contributed by atoms with Gasteiger partial charge in [-0.05, 0) is 35.7 Å². The maximum atomic E-state index is 6.41. The number of benzene rings is 1. The van der Waals surface area contributed by atoms with Crippen molar-refractivity contribution in [2.24, 2.45) is 5.73 Å². The van der Waals surface area contributed by atoms with Gasteiger partial charge in [-0.1, -0.05) is 0 Å². The SMILES string of the molecule is COc1cc(C(N)Cc2cnc3nc(N)nc(N)c3c2)cc(OC)c1OC. The number of ether oxygens (including phenoxy) is 3. The number of fused-ring (bicyclic) bond motifs is 1. The van der Waals surface area contributed by atoms with Gasteiger partial charge in [0.05, 0.1) is 26.7 Å². The van der Waals surface area contributed by atoms with Crippen LogP contribution in [0.5, 0.6) is 17.2 Å². The molecule has 9 nitrogen and oxygen atoms in total. The van der Waals surface area contributed by atoms with Crippen LogP contribution in [0.4, 0.5) is 11.8 Å². The number of aromatic nitrogens is 3. The van der Waals surface area contributed by atoms with E-state index in [4.69, 9.17) is 31.4 Å². The van der Waals surface area contributed by atoms with Gasteiger partial charge < -0.3 is 31.4 Å². The van der Waals surface area contributed by atoms with E-state index in [1.807, 2.05) is 18.2 Å². The van der Waals surface area contributed by atoms with E-state index in [0.717, 1.165) is 11.1 Å². The largest absolute Gasteiger partial charge is 0.493 e. The first-order valence-corrected chi connectivity index (χ1v) is 8.20. The Morgan fingerprint density at radius 3 is 2.22 bits per heavy atom. The fraction of sp³-hybridized carbons (Fsp3) is 0.278. The summed E-state index contributed by atoms with van der Waals surface area (Å²) >= 11 is 0. The second kappa shape index (κ2) is 7.50. The van der Waals surface area contributed by atoms with Gasteiger partial charge in [-0.2, -0.15) is 9.97 Å². The van der Waals surface area contributed by atoms with Crippen LogP contribution >= 0.6 is 0 Å². The number of pyridine rings is 1. The third kappa shape index (κ3) is 3.63. The van der Waals surface area contributed by atoms with Crippen molar-refractivity contribution in [3.05, 3.63) is 35.5 Å². The van der Waals surface area contributed by atoms with E-state index in [1.165, 1.54) is 0 Å². The Morgan fingerprint density at radius 1 is 0.963 bits per heavy atom. The highest BCUT2D eigenvalue weighted by molar-refractivity contribution is 5.86. The summed E-state index contributed by atoms with van der Waals surface area (Å²) in [7, 11) is 4.68. The van der Waals surface area contributed by atoms with E-state index >= 15 is 0 Å². The molecule has 9 heteroatoms. The summed E-state index contributed by atoms with van der Waals surface area (Å²) < 4.78 is 16.1. The Labute approximate surface area is 156 Å². The van der Waals surface area contributed by atoms with Crippen molar-refractivity contribution < 1.29 is 14.2 Å². The molecular formula is C18H22N6O3. The predicted octanol–water partition coefficient (Wildman–Crippen LogP) is 1.46.